The predicted octanol–water partition coefficient (Wildman–Crippen LogP) is 2.97. The highest BCUT2D eigenvalue weighted by Gasteiger charge is 2.14. The Morgan fingerprint density at radius 3 is 2.16 bits per heavy atom. The van der Waals surface area contributed by atoms with Crippen LogP contribution < -0.4 is 24.3 Å². The Bertz CT molecular complexity index is 717. The lowest BCUT2D eigenvalue weighted by Gasteiger charge is -2.17. The van der Waals surface area contributed by atoms with Crippen LogP contribution in [0.2, 0.25) is 0 Å². The van der Waals surface area contributed by atoms with Crippen molar-refractivity contribution < 1.29 is 23.7 Å². The van der Waals surface area contributed by atoms with Gasteiger partial charge in [-0.1, -0.05) is 18.2 Å². The van der Waals surface area contributed by atoms with E-state index < -0.39 is 0 Å². The number of amides is 1. The highest BCUT2D eigenvalue weighted by Crippen LogP contribution is 2.30. The van der Waals surface area contributed by atoms with E-state index in [1.807, 2.05) is 37.3 Å². The molecule has 1 N–H and O–H groups in total. The molecule has 134 valence electrons. The summed E-state index contributed by atoms with van der Waals surface area (Å²) in [6, 6.07) is 12.5. The van der Waals surface area contributed by atoms with Gasteiger partial charge in [0.1, 0.15) is 0 Å². The van der Waals surface area contributed by atoms with E-state index >= 15 is 0 Å². The predicted molar refractivity (Wildman–Crippen MR) is 94.6 cm³/mol. The van der Waals surface area contributed by atoms with Crippen LogP contribution in [0.5, 0.6) is 23.0 Å². The van der Waals surface area contributed by atoms with Crippen molar-refractivity contribution in [3.05, 3.63) is 48.0 Å². The number of carbonyl (C=O) groups is 1. The number of carbonyl (C=O) groups excluding carboxylic acids is 1. The summed E-state index contributed by atoms with van der Waals surface area (Å²) < 4.78 is 21.2. The van der Waals surface area contributed by atoms with Gasteiger partial charge in [-0.25, -0.2) is 0 Å². The van der Waals surface area contributed by atoms with Gasteiger partial charge in [0.05, 0.1) is 27.4 Å². The molecule has 0 saturated carbocycles. The molecule has 0 fully saturated rings. The zero-order valence-electron chi connectivity index (χ0n) is 14.9. The van der Waals surface area contributed by atoms with Gasteiger partial charge in [-0.05, 0) is 36.8 Å². The number of para-hydroxylation sites is 2. The second-order valence-corrected chi connectivity index (χ2v) is 5.34. The minimum Gasteiger partial charge on any atom is -0.493 e. The number of hydrogen-bond donors (Lipinski definition) is 1. The molecule has 0 heterocycles. The molecule has 0 bridgehead atoms. The van der Waals surface area contributed by atoms with Gasteiger partial charge in [0, 0.05) is 0 Å². The summed E-state index contributed by atoms with van der Waals surface area (Å²) in [6.45, 7) is 1.79. The van der Waals surface area contributed by atoms with E-state index in [0.29, 0.717) is 23.0 Å². The second kappa shape index (κ2) is 8.82. The first kappa shape index (κ1) is 18.4. The molecular weight excluding hydrogens is 322 g/mol. The molecule has 6 heteroatoms. The Morgan fingerprint density at radius 2 is 1.52 bits per heavy atom. The molecule has 2 rings (SSSR count). The van der Waals surface area contributed by atoms with Crippen LogP contribution in [0.25, 0.3) is 0 Å². The Morgan fingerprint density at radius 1 is 0.920 bits per heavy atom. The van der Waals surface area contributed by atoms with E-state index in [-0.39, 0.29) is 18.6 Å². The van der Waals surface area contributed by atoms with Gasteiger partial charge in [-0.15, -0.1) is 0 Å². The fraction of sp³-hybridized carbons (Fsp3) is 0.316. The lowest BCUT2D eigenvalue weighted by Crippen LogP contribution is -2.31. The number of ether oxygens (including phenoxy) is 4. The second-order valence-electron chi connectivity index (χ2n) is 5.34. The molecule has 2 aromatic rings. The normalized spacial score (nSPS) is 11.4. The van der Waals surface area contributed by atoms with Crippen LogP contribution in [0.3, 0.4) is 0 Å². The molecule has 0 unspecified atom stereocenters. The summed E-state index contributed by atoms with van der Waals surface area (Å²) in [4.78, 5) is 12.1. The molecule has 2 aromatic carbocycles. The molecule has 0 aromatic heterocycles. The minimum absolute atomic E-state index is 0.0992. The van der Waals surface area contributed by atoms with E-state index in [9.17, 15) is 4.79 Å². The zero-order valence-corrected chi connectivity index (χ0v) is 14.9. The fourth-order valence-electron chi connectivity index (χ4n) is 2.37. The topological polar surface area (TPSA) is 66.0 Å². The first-order chi connectivity index (χ1) is 12.1. The van der Waals surface area contributed by atoms with Crippen LogP contribution in [0.15, 0.2) is 42.5 Å². The quantitative estimate of drug-likeness (QED) is 0.797. The molecule has 1 amide bonds. The van der Waals surface area contributed by atoms with E-state index in [0.717, 1.165) is 5.56 Å². The summed E-state index contributed by atoms with van der Waals surface area (Å²) in [5.74, 6) is 2.14. The SMILES string of the molecule is COc1ccc([C@H](C)NC(=O)COc2ccccc2OC)cc1OC. The van der Waals surface area contributed by atoms with Crippen LogP contribution >= 0.6 is 0 Å². The van der Waals surface area contributed by atoms with E-state index in [4.69, 9.17) is 18.9 Å². The number of nitrogens with one attached hydrogen (secondary N) is 1. The van der Waals surface area contributed by atoms with Gasteiger partial charge < -0.3 is 24.3 Å². The van der Waals surface area contributed by atoms with Gasteiger partial charge in [0.15, 0.2) is 29.6 Å². The van der Waals surface area contributed by atoms with Crippen molar-refractivity contribution in [2.45, 2.75) is 13.0 Å². The van der Waals surface area contributed by atoms with Crippen molar-refractivity contribution in [3.8, 4) is 23.0 Å². The summed E-state index contributed by atoms with van der Waals surface area (Å²) >= 11 is 0. The van der Waals surface area contributed by atoms with Gasteiger partial charge >= 0.3 is 0 Å². The van der Waals surface area contributed by atoms with Crippen LogP contribution in [0.1, 0.15) is 18.5 Å². The van der Waals surface area contributed by atoms with Crippen molar-refractivity contribution in [1.29, 1.82) is 0 Å². The molecule has 6 nitrogen and oxygen atoms in total. The zero-order chi connectivity index (χ0) is 18.2. The van der Waals surface area contributed by atoms with E-state index in [1.54, 1.807) is 33.5 Å². The monoisotopic (exact) mass is 345 g/mol. The first-order valence-corrected chi connectivity index (χ1v) is 7.86. The summed E-state index contributed by atoms with van der Waals surface area (Å²) in [5.41, 5.74) is 0.906. The summed E-state index contributed by atoms with van der Waals surface area (Å²) in [5, 5.41) is 2.89. The van der Waals surface area contributed by atoms with Crippen molar-refractivity contribution in [3.63, 3.8) is 0 Å². The molecule has 0 saturated heterocycles. The highest BCUT2D eigenvalue weighted by molar-refractivity contribution is 5.78. The maximum Gasteiger partial charge on any atom is 0.258 e. The molecule has 1 atom stereocenters. The Hall–Kier alpha value is -2.89. The summed E-state index contributed by atoms with van der Waals surface area (Å²) in [7, 11) is 4.71. The Kier molecular flexibility index (Phi) is 6.51. The molecule has 0 spiro atoms. The third-order valence-corrected chi connectivity index (χ3v) is 3.71. The average Bonchev–Trinajstić information content (AvgIpc) is 2.65. The minimum atomic E-state index is -0.229. The maximum atomic E-state index is 12.1. The van der Waals surface area contributed by atoms with Gasteiger partial charge in [-0.3, -0.25) is 4.79 Å². The van der Waals surface area contributed by atoms with Crippen LogP contribution in [-0.2, 0) is 4.79 Å². The van der Waals surface area contributed by atoms with Crippen molar-refractivity contribution in [2.24, 2.45) is 0 Å². The molecule has 0 aliphatic rings. The van der Waals surface area contributed by atoms with E-state index in [1.165, 1.54) is 0 Å². The van der Waals surface area contributed by atoms with Crippen molar-refractivity contribution in [2.75, 3.05) is 27.9 Å². The number of rotatable bonds is 8. The standard InChI is InChI=1S/C19H23NO5/c1-13(14-9-10-16(23-3)18(11-14)24-4)20-19(21)12-25-17-8-6-5-7-15(17)22-2/h5-11,13H,12H2,1-4H3,(H,20,21)/t13-/m0/s1. The lowest BCUT2D eigenvalue weighted by atomic mass is 10.1. The van der Waals surface area contributed by atoms with Crippen LogP contribution in [0.4, 0.5) is 0 Å². The van der Waals surface area contributed by atoms with Crippen molar-refractivity contribution >= 4 is 5.91 Å². The Labute approximate surface area is 147 Å². The van der Waals surface area contributed by atoms with E-state index in [2.05, 4.69) is 5.32 Å². The van der Waals surface area contributed by atoms with Gasteiger partial charge in [-0.2, -0.15) is 0 Å². The van der Waals surface area contributed by atoms with Gasteiger partial charge in [0.2, 0.25) is 0 Å². The molecule has 25 heavy (non-hydrogen) atoms. The molecule has 0 radical (unpaired) electrons. The van der Waals surface area contributed by atoms with Crippen molar-refractivity contribution in [1.82, 2.24) is 5.32 Å². The largest absolute Gasteiger partial charge is 0.493 e. The highest BCUT2D eigenvalue weighted by atomic mass is 16.5. The number of benzene rings is 2. The lowest BCUT2D eigenvalue weighted by molar-refractivity contribution is -0.123. The van der Waals surface area contributed by atoms with Crippen LogP contribution in [-0.4, -0.2) is 33.8 Å². The summed E-state index contributed by atoms with van der Waals surface area (Å²) in [6.07, 6.45) is 0. The number of methoxy groups -OCH3 is 3. The average molecular weight is 345 g/mol. The number of hydrogen-bond acceptors (Lipinski definition) is 5. The fourth-order valence-corrected chi connectivity index (χ4v) is 2.37. The van der Waals surface area contributed by atoms with Gasteiger partial charge in [0.25, 0.3) is 5.91 Å². The smallest absolute Gasteiger partial charge is 0.258 e. The molecule has 0 aliphatic carbocycles. The maximum absolute atomic E-state index is 12.1. The first-order valence-electron chi connectivity index (χ1n) is 7.86. The molecule has 0 aliphatic heterocycles. The Balaban J connectivity index is 1.96. The van der Waals surface area contributed by atoms with Crippen LogP contribution in [0, 0.1) is 0 Å². The third-order valence-electron chi connectivity index (χ3n) is 3.71. The molecular formula is C19H23NO5. The third kappa shape index (κ3) is 4.79.